The molecule has 0 aliphatic heterocycles. The second-order valence-corrected chi connectivity index (χ2v) is 6.17. The van der Waals surface area contributed by atoms with Gasteiger partial charge in [-0.25, -0.2) is 0 Å². The summed E-state index contributed by atoms with van der Waals surface area (Å²) in [5.74, 6) is 1.35. The Morgan fingerprint density at radius 3 is 2.29 bits per heavy atom. The van der Waals surface area contributed by atoms with Gasteiger partial charge in [-0.3, -0.25) is 9.79 Å². The van der Waals surface area contributed by atoms with Crippen LogP contribution in [-0.2, 0) is 6.42 Å². The summed E-state index contributed by atoms with van der Waals surface area (Å²) in [6.07, 6.45) is 0.869. The van der Waals surface area contributed by atoms with Crippen LogP contribution in [0.15, 0.2) is 53.5 Å². The number of guanidine groups is 1. The molecular weight excluding hydrogens is 491 g/mol. The first-order chi connectivity index (χ1) is 13.1. The van der Waals surface area contributed by atoms with Gasteiger partial charge in [-0.05, 0) is 36.2 Å². The van der Waals surface area contributed by atoms with Crippen molar-refractivity contribution >= 4 is 47.4 Å². The molecule has 2 aromatic rings. The molecule has 0 aliphatic rings. The third-order valence-electron chi connectivity index (χ3n) is 3.91. The molecule has 0 saturated heterocycles. The average Bonchev–Trinajstić information content (AvgIpc) is 2.70. The van der Waals surface area contributed by atoms with E-state index in [9.17, 15) is 4.79 Å². The van der Waals surface area contributed by atoms with Crippen LogP contribution in [0.2, 0.25) is 5.02 Å². The summed E-state index contributed by atoms with van der Waals surface area (Å²) in [7, 11) is 3.37. The second-order valence-electron chi connectivity index (χ2n) is 5.76. The Morgan fingerprint density at radius 1 is 1.00 bits per heavy atom. The number of hydrogen-bond acceptors (Lipinski definition) is 3. The number of amides is 1. The van der Waals surface area contributed by atoms with E-state index in [2.05, 4.69) is 20.9 Å². The van der Waals surface area contributed by atoms with Crippen molar-refractivity contribution in [1.29, 1.82) is 0 Å². The summed E-state index contributed by atoms with van der Waals surface area (Å²) in [6, 6.07) is 15.0. The number of rotatable bonds is 8. The zero-order valence-electron chi connectivity index (χ0n) is 16.0. The molecule has 0 aliphatic carbocycles. The Labute approximate surface area is 188 Å². The Kier molecular flexibility index (Phi) is 11.4. The van der Waals surface area contributed by atoms with E-state index in [1.807, 2.05) is 24.3 Å². The lowest BCUT2D eigenvalue weighted by Gasteiger charge is -2.13. The van der Waals surface area contributed by atoms with Crippen LogP contribution in [0.3, 0.4) is 0 Å². The zero-order chi connectivity index (χ0) is 19.5. The summed E-state index contributed by atoms with van der Waals surface area (Å²) in [6.45, 7) is 1.76. The van der Waals surface area contributed by atoms with Crippen molar-refractivity contribution in [3.05, 3.63) is 64.7 Å². The van der Waals surface area contributed by atoms with E-state index in [0.29, 0.717) is 29.6 Å². The van der Waals surface area contributed by atoms with Crippen LogP contribution in [0.25, 0.3) is 0 Å². The molecule has 28 heavy (non-hydrogen) atoms. The SMILES string of the molecule is CN=C(NCCNC(=O)c1ccccc1Cl)NCCc1ccc(OC)cc1.I. The minimum Gasteiger partial charge on any atom is -0.497 e. The maximum atomic E-state index is 12.1. The lowest BCUT2D eigenvalue weighted by Crippen LogP contribution is -2.42. The molecule has 8 heteroatoms. The number of benzene rings is 2. The fourth-order valence-electron chi connectivity index (χ4n) is 2.44. The van der Waals surface area contributed by atoms with Gasteiger partial charge in [0.05, 0.1) is 17.7 Å². The molecular formula is C20H26ClIN4O2. The number of carbonyl (C=O) groups excluding carboxylic acids is 1. The van der Waals surface area contributed by atoms with Crippen LogP contribution < -0.4 is 20.7 Å². The largest absolute Gasteiger partial charge is 0.497 e. The van der Waals surface area contributed by atoms with Crippen molar-refractivity contribution in [2.24, 2.45) is 4.99 Å². The molecule has 0 unspecified atom stereocenters. The fourth-order valence-corrected chi connectivity index (χ4v) is 2.66. The maximum absolute atomic E-state index is 12.1. The minimum absolute atomic E-state index is 0. The molecule has 2 rings (SSSR count). The Morgan fingerprint density at radius 2 is 1.64 bits per heavy atom. The molecule has 0 aromatic heterocycles. The van der Waals surface area contributed by atoms with Crippen LogP contribution in [-0.4, -0.2) is 45.7 Å². The Balaban J connectivity index is 0.00000392. The number of halogens is 2. The van der Waals surface area contributed by atoms with E-state index in [1.165, 1.54) is 5.56 Å². The molecule has 0 atom stereocenters. The summed E-state index contributed by atoms with van der Waals surface area (Å²) in [5, 5.41) is 9.69. The average molecular weight is 517 g/mol. The normalized spacial score (nSPS) is 10.6. The summed E-state index contributed by atoms with van der Waals surface area (Å²) >= 11 is 6.02. The Hall–Kier alpha value is -2.00. The zero-order valence-corrected chi connectivity index (χ0v) is 19.1. The molecule has 6 nitrogen and oxygen atoms in total. The number of methoxy groups -OCH3 is 1. The van der Waals surface area contributed by atoms with E-state index in [1.54, 1.807) is 38.4 Å². The molecule has 0 heterocycles. The highest BCUT2D eigenvalue weighted by Gasteiger charge is 2.08. The second kappa shape index (κ2) is 13.2. The van der Waals surface area contributed by atoms with Crippen LogP contribution in [0.5, 0.6) is 5.75 Å². The van der Waals surface area contributed by atoms with E-state index in [0.717, 1.165) is 18.7 Å². The molecule has 0 saturated carbocycles. The highest BCUT2D eigenvalue weighted by molar-refractivity contribution is 14.0. The van der Waals surface area contributed by atoms with Crippen LogP contribution >= 0.6 is 35.6 Å². The third kappa shape index (κ3) is 7.93. The topological polar surface area (TPSA) is 74.8 Å². The van der Waals surface area contributed by atoms with Crippen LogP contribution in [0.4, 0.5) is 0 Å². The number of nitrogens with zero attached hydrogens (tertiary/aromatic N) is 1. The van der Waals surface area contributed by atoms with Gasteiger partial charge >= 0.3 is 0 Å². The first kappa shape index (κ1) is 24.0. The first-order valence-electron chi connectivity index (χ1n) is 8.74. The van der Waals surface area contributed by atoms with Crippen molar-refractivity contribution in [2.45, 2.75) is 6.42 Å². The molecule has 2 aromatic carbocycles. The summed E-state index contributed by atoms with van der Waals surface area (Å²) in [5.41, 5.74) is 1.69. The fraction of sp³-hybridized carbons (Fsp3) is 0.300. The number of ether oxygens (including phenoxy) is 1. The quantitative estimate of drug-likeness (QED) is 0.218. The van der Waals surface area contributed by atoms with E-state index >= 15 is 0 Å². The molecule has 0 fully saturated rings. The van der Waals surface area contributed by atoms with Gasteiger partial charge in [0.15, 0.2) is 5.96 Å². The molecule has 0 radical (unpaired) electrons. The number of aliphatic imine (C=N–C) groups is 1. The smallest absolute Gasteiger partial charge is 0.252 e. The monoisotopic (exact) mass is 516 g/mol. The van der Waals surface area contributed by atoms with Gasteiger partial charge in [-0.1, -0.05) is 35.9 Å². The highest BCUT2D eigenvalue weighted by atomic mass is 127. The van der Waals surface area contributed by atoms with E-state index in [-0.39, 0.29) is 29.9 Å². The van der Waals surface area contributed by atoms with Crippen LogP contribution in [0, 0.1) is 0 Å². The van der Waals surface area contributed by atoms with Gasteiger partial charge in [-0.2, -0.15) is 0 Å². The van der Waals surface area contributed by atoms with Gasteiger partial charge in [0.25, 0.3) is 5.91 Å². The molecule has 3 N–H and O–H groups in total. The molecule has 0 spiro atoms. The van der Waals surface area contributed by atoms with Gasteiger partial charge in [0.2, 0.25) is 0 Å². The number of nitrogens with one attached hydrogen (secondary N) is 3. The predicted octanol–water partition coefficient (Wildman–Crippen LogP) is 3.10. The van der Waals surface area contributed by atoms with Crippen molar-refractivity contribution in [3.63, 3.8) is 0 Å². The standard InChI is InChI=1S/C20H25ClN4O2.HI/c1-22-20(24-12-11-15-7-9-16(27-2)10-8-15)25-14-13-23-19(26)17-5-3-4-6-18(17)21;/h3-10H,11-14H2,1-2H3,(H,23,26)(H2,22,24,25);1H. The molecule has 0 bridgehead atoms. The summed E-state index contributed by atoms with van der Waals surface area (Å²) < 4.78 is 5.15. The first-order valence-corrected chi connectivity index (χ1v) is 9.12. The number of hydrogen-bond donors (Lipinski definition) is 3. The third-order valence-corrected chi connectivity index (χ3v) is 4.24. The van der Waals surface area contributed by atoms with Crippen molar-refractivity contribution < 1.29 is 9.53 Å². The lowest BCUT2D eigenvalue weighted by atomic mass is 10.1. The van der Waals surface area contributed by atoms with Gasteiger partial charge in [-0.15, -0.1) is 24.0 Å². The van der Waals surface area contributed by atoms with Crippen molar-refractivity contribution in [2.75, 3.05) is 33.8 Å². The number of carbonyl (C=O) groups is 1. The predicted molar refractivity (Wildman–Crippen MR) is 125 cm³/mol. The lowest BCUT2D eigenvalue weighted by molar-refractivity contribution is 0.0954. The van der Waals surface area contributed by atoms with E-state index < -0.39 is 0 Å². The van der Waals surface area contributed by atoms with Gasteiger partial charge in [0, 0.05) is 26.7 Å². The molecule has 152 valence electrons. The highest BCUT2D eigenvalue weighted by Crippen LogP contribution is 2.14. The van der Waals surface area contributed by atoms with Crippen molar-refractivity contribution in [1.82, 2.24) is 16.0 Å². The maximum Gasteiger partial charge on any atom is 0.252 e. The van der Waals surface area contributed by atoms with Crippen molar-refractivity contribution in [3.8, 4) is 5.75 Å². The molecule has 1 amide bonds. The Bertz CT molecular complexity index is 769. The van der Waals surface area contributed by atoms with Gasteiger partial charge < -0.3 is 20.7 Å². The van der Waals surface area contributed by atoms with E-state index in [4.69, 9.17) is 16.3 Å². The summed E-state index contributed by atoms with van der Waals surface area (Å²) in [4.78, 5) is 16.3. The van der Waals surface area contributed by atoms with Crippen LogP contribution in [0.1, 0.15) is 15.9 Å². The minimum atomic E-state index is -0.190. The van der Waals surface area contributed by atoms with Gasteiger partial charge in [0.1, 0.15) is 5.75 Å².